The normalized spacial score (nSPS) is 12.0. The van der Waals surface area contributed by atoms with E-state index in [0.717, 1.165) is 16.5 Å². The predicted molar refractivity (Wildman–Crippen MR) is 137 cm³/mol. The number of carbonyl (C=O) groups is 2. The second-order valence-electron chi connectivity index (χ2n) is 8.53. The van der Waals surface area contributed by atoms with E-state index in [1.807, 2.05) is 0 Å². The number of nitrogens with zero attached hydrogens (tertiary/aromatic N) is 1. The molecule has 202 valence electrons. The third-order valence-corrected chi connectivity index (χ3v) is 6.06. The summed E-state index contributed by atoms with van der Waals surface area (Å²) in [5.41, 5.74) is 1.21. The number of alkyl halides is 3. The molecule has 0 saturated carbocycles. The van der Waals surface area contributed by atoms with Gasteiger partial charge in [-0.25, -0.2) is 0 Å². The maximum absolute atomic E-state index is 13.4. The lowest BCUT2D eigenvalue weighted by molar-refractivity contribution is -0.152. The van der Waals surface area contributed by atoms with Gasteiger partial charge in [0.25, 0.3) is 0 Å². The van der Waals surface area contributed by atoms with Crippen molar-refractivity contribution in [2.45, 2.75) is 38.0 Å². The van der Waals surface area contributed by atoms with E-state index in [9.17, 15) is 27.6 Å². The predicted octanol–water partition coefficient (Wildman–Crippen LogP) is 4.81. The first-order chi connectivity index (χ1) is 18.1. The summed E-state index contributed by atoms with van der Waals surface area (Å²) in [5.74, 6) is -0.697. The van der Waals surface area contributed by atoms with Crippen molar-refractivity contribution in [3.05, 3.63) is 98.9 Å². The lowest BCUT2D eigenvalue weighted by Crippen LogP contribution is -2.45. The average Bonchev–Trinajstić information content (AvgIpc) is 2.89. The molecule has 7 nitrogen and oxygen atoms in total. The number of methoxy groups -OCH3 is 1. The molecular weight excluding hydrogens is 523 g/mol. The van der Waals surface area contributed by atoms with Gasteiger partial charge in [0, 0.05) is 42.4 Å². The Bertz CT molecular complexity index is 1260. The summed E-state index contributed by atoms with van der Waals surface area (Å²) in [7, 11) is 1.52. The van der Waals surface area contributed by atoms with Crippen molar-refractivity contribution >= 4 is 23.4 Å². The van der Waals surface area contributed by atoms with E-state index in [4.69, 9.17) is 16.3 Å². The minimum absolute atomic E-state index is 0.0585. The van der Waals surface area contributed by atoms with Crippen molar-refractivity contribution in [3.63, 3.8) is 0 Å². The summed E-state index contributed by atoms with van der Waals surface area (Å²) in [6.45, 7) is -0.674. The quantitative estimate of drug-likeness (QED) is 0.359. The second-order valence-corrected chi connectivity index (χ2v) is 8.97. The fourth-order valence-corrected chi connectivity index (χ4v) is 3.91. The number of H-pyrrole nitrogens is 1. The van der Waals surface area contributed by atoms with E-state index < -0.39 is 42.6 Å². The molecule has 0 aliphatic heterocycles. The van der Waals surface area contributed by atoms with Crippen LogP contribution in [0.4, 0.5) is 13.2 Å². The number of hydrogen-bond acceptors (Lipinski definition) is 4. The fraction of sp³-hybridized carbons (Fsp3) is 0.296. The molecule has 0 aliphatic rings. The van der Waals surface area contributed by atoms with E-state index in [2.05, 4.69) is 10.3 Å². The number of pyridine rings is 1. The van der Waals surface area contributed by atoms with Crippen LogP contribution in [0, 0.1) is 0 Å². The maximum atomic E-state index is 13.4. The number of hydrogen-bond donors (Lipinski definition) is 2. The van der Waals surface area contributed by atoms with Gasteiger partial charge in [-0.05, 0) is 47.9 Å². The molecule has 0 saturated heterocycles. The second kappa shape index (κ2) is 13.1. The molecular formula is C27H27ClF3N3O4. The molecule has 0 aliphatic carbocycles. The largest absolute Gasteiger partial charge is 0.497 e. The van der Waals surface area contributed by atoms with E-state index in [0.29, 0.717) is 16.3 Å². The van der Waals surface area contributed by atoms with Crippen LogP contribution in [0.5, 0.6) is 5.75 Å². The van der Waals surface area contributed by atoms with Gasteiger partial charge < -0.3 is 19.9 Å². The van der Waals surface area contributed by atoms with Gasteiger partial charge in [0.1, 0.15) is 11.8 Å². The van der Waals surface area contributed by atoms with Crippen LogP contribution in [0.3, 0.4) is 0 Å². The number of aromatic nitrogens is 1. The first-order valence-corrected chi connectivity index (χ1v) is 12.1. The zero-order valence-electron chi connectivity index (χ0n) is 20.6. The van der Waals surface area contributed by atoms with E-state index >= 15 is 0 Å². The zero-order valence-corrected chi connectivity index (χ0v) is 21.3. The van der Waals surface area contributed by atoms with Crippen LogP contribution in [-0.4, -0.2) is 41.5 Å². The summed E-state index contributed by atoms with van der Waals surface area (Å²) < 4.78 is 44.8. The van der Waals surface area contributed by atoms with Gasteiger partial charge in [0.05, 0.1) is 13.5 Å². The standard InChI is InChI=1S/C27H27ClF3N3O4/c1-38-22-10-4-18(5-11-22)6-13-24(36)34(15-14-27(29,30)31)25(20-7-12-23(35)32-17-20)26(37)33-16-19-2-8-21(28)9-3-19/h2-5,7-12,17,25H,6,13-16H2,1H3,(H,32,35)(H,33,37). The highest BCUT2D eigenvalue weighted by Crippen LogP contribution is 2.27. The number of aryl methyl sites for hydroxylation is 1. The topological polar surface area (TPSA) is 91.5 Å². The van der Waals surface area contributed by atoms with Crippen molar-refractivity contribution in [2.75, 3.05) is 13.7 Å². The van der Waals surface area contributed by atoms with Crippen molar-refractivity contribution < 1.29 is 27.5 Å². The number of amides is 2. The monoisotopic (exact) mass is 549 g/mol. The third kappa shape index (κ3) is 8.65. The van der Waals surface area contributed by atoms with Gasteiger partial charge in [0.2, 0.25) is 17.4 Å². The highest BCUT2D eigenvalue weighted by molar-refractivity contribution is 6.30. The van der Waals surface area contributed by atoms with Crippen molar-refractivity contribution in [1.82, 2.24) is 15.2 Å². The van der Waals surface area contributed by atoms with Crippen LogP contribution in [0.2, 0.25) is 5.02 Å². The van der Waals surface area contributed by atoms with Crippen LogP contribution in [0.15, 0.2) is 71.7 Å². The lowest BCUT2D eigenvalue weighted by atomic mass is 10.0. The molecule has 1 atom stereocenters. The Balaban J connectivity index is 1.87. The molecule has 2 aromatic carbocycles. The minimum Gasteiger partial charge on any atom is -0.497 e. The van der Waals surface area contributed by atoms with Gasteiger partial charge in [-0.2, -0.15) is 13.2 Å². The Morgan fingerprint density at radius 1 is 1.03 bits per heavy atom. The Hall–Kier alpha value is -3.79. The lowest BCUT2D eigenvalue weighted by Gasteiger charge is -2.32. The van der Waals surface area contributed by atoms with Gasteiger partial charge in [-0.15, -0.1) is 0 Å². The number of carbonyl (C=O) groups excluding carboxylic acids is 2. The number of nitrogens with one attached hydrogen (secondary N) is 2. The molecule has 1 aromatic heterocycles. The zero-order chi connectivity index (χ0) is 27.7. The molecule has 11 heteroatoms. The van der Waals surface area contributed by atoms with Gasteiger partial charge >= 0.3 is 6.18 Å². The summed E-state index contributed by atoms with van der Waals surface area (Å²) in [6, 6.07) is 14.7. The first kappa shape index (κ1) is 28.8. The molecule has 0 fully saturated rings. The highest BCUT2D eigenvalue weighted by atomic mass is 35.5. The number of halogens is 4. The first-order valence-electron chi connectivity index (χ1n) is 11.8. The number of ether oxygens (including phenoxy) is 1. The van der Waals surface area contributed by atoms with Gasteiger partial charge in [-0.1, -0.05) is 35.9 Å². The Morgan fingerprint density at radius 3 is 2.26 bits per heavy atom. The summed E-state index contributed by atoms with van der Waals surface area (Å²) in [5, 5.41) is 3.19. The number of benzene rings is 2. The third-order valence-electron chi connectivity index (χ3n) is 5.81. The molecule has 2 amide bonds. The Labute approximate surface area is 222 Å². The molecule has 1 unspecified atom stereocenters. The molecule has 3 rings (SSSR count). The smallest absolute Gasteiger partial charge is 0.390 e. The molecule has 2 N–H and O–H groups in total. The fourth-order valence-electron chi connectivity index (χ4n) is 3.79. The van der Waals surface area contributed by atoms with Crippen LogP contribution in [0.1, 0.15) is 35.6 Å². The van der Waals surface area contributed by atoms with Crippen LogP contribution >= 0.6 is 11.6 Å². The molecule has 0 bridgehead atoms. The van der Waals surface area contributed by atoms with E-state index in [-0.39, 0.29) is 24.9 Å². The highest BCUT2D eigenvalue weighted by Gasteiger charge is 2.35. The van der Waals surface area contributed by atoms with Gasteiger partial charge in [0.15, 0.2) is 0 Å². The van der Waals surface area contributed by atoms with Crippen molar-refractivity contribution in [2.24, 2.45) is 0 Å². The van der Waals surface area contributed by atoms with Crippen LogP contribution in [-0.2, 0) is 22.6 Å². The molecule has 3 aromatic rings. The number of aromatic amines is 1. The Morgan fingerprint density at radius 2 is 1.68 bits per heavy atom. The van der Waals surface area contributed by atoms with E-state index in [1.165, 1.54) is 19.4 Å². The van der Waals surface area contributed by atoms with Crippen molar-refractivity contribution in [3.8, 4) is 5.75 Å². The SMILES string of the molecule is COc1ccc(CCC(=O)N(CCC(F)(F)F)C(C(=O)NCc2ccc(Cl)cc2)c2ccc(=O)[nH]c2)cc1. The summed E-state index contributed by atoms with van der Waals surface area (Å²) in [6.07, 6.45) is -4.51. The summed E-state index contributed by atoms with van der Waals surface area (Å²) >= 11 is 5.90. The molecule has 1 heterocycles. The van der Waals surface area contributed by atoms with Gasteiger partial charge in [-0.3, -0.25) is 14.4 Å². The van der Waals surface area contributed by atoms with E-state index in [1.54, 1.807) is 48.5 Å². The minimum atomic E-state index is -4.55. The van der Waals surface area contributed by atoms with Crippen molar-refractivity contribution in [1.29, 1.82) is 0 Å². The van der Waals surface area contributed by atoms with Crippen LogP contribution < -0.4 is 15.6 Å². The Kier molecular flexibility index (Phi) is 9.95. The molecule has 38 heavy (non-hydrogen) atoms. The average molecular weight is 550 g/mol. The molecule has 0 spiro atoms. The number of rotatable bonds is 11. The summed E-state index contributed by atoms with van der Waals surface area (Å²) in [4.78, 5) is 41.6. The maximum Gasteiger partial charge on any atom is 0.390 e. The molecule has 0 radical (unpaired) electrons. The van der Waals surface area contributed by atoms with Crippen LogP contribution in [0.25, 0.3) is 0 Å².